The van der Waals surface area contributed by atoms with Crippen molar-refractivity contribution < 1.29 is 52.0 Å². The Kier molecular flexibility index (Phi) is 14.8. The Morgan fingerprint density at radius 2 is 1.71 bits per heavy atom. The first-order chi connectivity index (χ1) is 31.1. The number of benzene rings is 1. The third-order valence-electron chi connectivity index (χ3n) is 13.0. The largest absolute Gasteiger partial charge is 0.480 e. The average Bonchev–Trinajstić information content (AvgIpc) is 4.09. The Morgan fingerprint density at radius 1 is 0.985 bits per heavy atom. The maximum absolute atomic E-state index is 14.9. The molecule has 3 aliphatic heterocycles. The minimum Gasteiger partial charge on any atom is -0.480 e. The number of hydrogen-bond acceptors (Lipinski definition) is 12. The highest BCUT2D eigenvalue weighted by Gasteiger charge is 2.38. The molecule has 0 bridgehead atoms. The first-order valence-corrected chi connectivity index (χ1v) is 23.1. The number of aliphatic hydroxyl groups excluding tert-OH is 1. The molecule has 5 heterocycles. The molecule has 1 saturated carbocycles. The van der Waals surface area contributed by atoms with E-state index < -0.39 is 66.0 Å². The first kappa shape index (κ1) is 49.2. The van der Waals surface area contributed by atoms with E-state index in [1.54, 1.807) is 46.2 Å². The summed E-state index contributed by atoms with van der Waals surface area (Å²) < 4.78 is 63.4. The van der Waals surface area contributed by atoms with Crippen LogP contribution in [0, 0.1) is 5.41 Å². The molecule has 3 aromatic rings. The SMILES string of the molecule is CO[C@@H](C)c1ncc(N2CCN(C3CC3)CC2)cc1-c1c(CC(C)(C)CO)c2cc(N3CCO[C@@H](C[C@H](NC(=O)OC(C)(C)C)C(=O)N4CCC[C@@H](C(=O)O)N4)C3)ccc2n1CC(F)(F)F. The Balaban J connectivity index is 1.26. The van der Waals surface area contributed by atoms with E-state index in [9.17, 15) is 37.8 Å². The molecule has 1 aliphatic carbocycles. The van der Waals surface area contributed by atoms with Gasteiger partial charge >= 0.3 is 18.2 Å². The fourth-order valence-corrected chi connectivity index (χ4v) is 9.36. The second-order valence-electron chi connectivity index (χ2n) is 20.0. The van der Waals surface area contributed by atoms with Crippen molar-refractivity contribution in [2.24, 2.45) is 5.41 Å². The summed E-state index contributed by atoms with van der Waals surface area (Å²) in [7, 11) is 1.55. The maximum Gasteiger partial charge on any atom is 0.408 e. The molecule has 4 fully saturated rings. The van der Waals surface area contributed by atoms with Gasteiger partial charge in [0.05, 0.1) is 42.1 Å². The van der Waals surface area contributed by atoms with Crippen LogP contribution in [0.1, 0.15) is 91.0 Å². The van der Waals surface area contributed by atoms with Crippen LogP contribution in [-0.2, 0) is 36.8 Å². The van der Waals surface area contributed by atoms with Crippen molar-refractivity contribution in [1.29, 1.82) is 0 Å². The number of pyridine rings is 1. The van der Waals surface area contributed by atoms with E-state index in [2.05, 4.69) is 20.5 Å². The molecule has 0 spiro atoms. The minimum atomic E-state index is -4.59. The van der Waals surface area contributed by atoms with Gasteiger partial charge in [0.15, 0.2) is 0 Å². The van der Waals surface area contributed by atoms with Gasteiger partial charge < -0.3 is 44.1 Å². The number of piperazine rings is 1. The predicted octanol–water partition coefficient (Wildman–Crippen LogP) is 5.89. The molecule has 0 unspecified atom stereocenters. The number of carboxylic acid groups (broad SMARTS) is 1. The highest BCUT2D eigenvalue weighted by Crippen LogP contribution is 2.44. The quantitative estimate of drug-likeness (QED) is 0.142. The van der Waals surface area contributed by atoms with Crippen LogP contribution >= 0.6 is 0 Å². The van der Waals surface area contributed by atoms with E-state index in [0.717, 1.165) is 31.9 Å². The summed E-state index contributed by atoms with van der Waals surface area (Å²) in [6.07, 6.45) is -1.30. The molecule has 4 atom stereocenters. The van der Waals surface area contributed by atoms with Crippen molar-refractivity contribution in [2.45, 2.75) is 129 Å². The minimum absolute atomic E-state index is 0.0220. The number of hydrazine groups is 1. The van der Waals surface area contributed by atoms with Crippen LogP contribution in [0.25, 0.3) is 22.2 Å². The average molecular weight is 929 g/mol. The summed E-state index contributed by atoms with van der Waals surface area (Å²) in [6, 6.07) is 5.88. The van der Waals surface area contributed by atoms with Crippen LogP contribution in [0.2, 0.25) is 0 Å². The second-order valence-corrected chi connectivity index (χ2v) is 20.0. The number of aliphatic hydroxyl groups is 1. The number of rotatable bonds is 15. The monoisotopic (exact) mass is 929 g/mol. The summed E-state index contributed by atoms with van der Waals surface area (Å²) in [6.45, 7) is 13.7. The van der Waals surface area contributed by atoms with Crippen molar-refractivity contribution in [3.63, 3.8) is 0 Å². The number of amides is 2. The van der Waals surface area contributed by atoms with Gasteiger partial charge in [-0.2, -0.15) is 13.2 Å². The predicted molar refractivity (Wildman–Crippen MR) is 243 cm³/mol. The van der Waals surface area contributed by atoms with Gasteiger partial charge in [0.1, 0.15) is 24.2 Å². The number of carboxylic acids is 1. The molecule has 66 heavy (non-hydrogen) atoms. The van der Waals surface area contributed by atoms with Crippen molar-refractivity contribution in [3.8, 4) is 11.3 Å². The van der Waals surface area contributed by atoms with Gasteiger partial charge in [-0.3, -0.25) is 24.5 Å². The van der Waals surface area contributed by atoms with E-state index in [-0.39, 0.29) is 39.1 Å². The highest BCUT2D eigenvalue weighted by atomic mass is 19.4. The molecule has 364 valence electrons. The lowest BCUT2D eigenvalue weighted by atomic mass is 9.84. The first-order valence-electron chi connectivity index (χ1n) is 23.1. The molecule has 1 aromatic carbocycles. The summed E-state index contributed by atoms with van der Waals surface area (Å²) in [5, 5.41) is 24.8. The zero-order valence-corrected chi connectivity index (χ0v) is 39.2. The topological polar surface area (TPSA) is 174 Å². The summed E-state index contributed by atoms with van der Waals surface area (Å²) in [4.78, 5) is 50.6. The number of aromatic nitrogens is 2. The number of morpholine rings is 1. The van der Waals surface area contributed by atoms with Crippen molar-refractivity contribution in [3.05, 3.63) is 41.7 Å². The van der Waals surface area contributed by atoms with Crippen LogP contribution in [0.5, 0.6) is 0 Å². The number of alkyl halides is 3. The molecule has 7 rings (SSSR count). The smallest absolute Gasteiger partial charge is 0.408 e. The van der Waals surface area contributed by atoms with E-state index in [1.807, 2.05) is 37.8 Å². The zero-order chi connectivity index (χ0) is 47.7. The lowest BCUT2D eigenvalue weighted by Gasteiger charge is -2.38. The number of nitrogens with one attached hydrogen (secondary N) is 2. The van der Waals surface area contributed by atoms with Crippen molar-refractivity contribution >= 4 is 40.2 Å². The number of carbonyl (C=O) groups excluding carboxylic acids is 2. The zero-order valence-electron chi connectivity index (χ0n) is 39.2. The Labute approximate surface area is 384 Å². The summed E-state index contributed by atoms with van der Waals surface area (Å²) in [5.41, 5.74) is 5.16. The number of carbonyl (C=O) groups is 3. The van der Waals surface area contributed by atoms with Crippen LogP contribution in [0.15, 0.2) is 30.5 Å². The highest BCUT2D eigenvalue weighted by molar-refractivity contribution is 5.95. The van der Waals surface area contributed by atoms with Crippen LogP contribution in [-0.4, -0.2) is 150 Å². The van der Waals surface area contributed by atoms with Gasteiger partial charge in [0, 0.05) is 94.1 Å². The lowest BCUT2D eigenvalue weighted by molar-refractivity contribution is -0.148. The summed E-state index contributed by atoms with van der Waals surface area (Å²) in [5.74, 6) is -1.63. The Morgan fingerprint density at radius 3 is 2.35 bits per heavy atom. The van der Waals surface area contributed by atoms with Gasteiger partial charge in [-0.15, -0.1) is 0 Å². The molecule has 2 amide bonds. The number of ether oxygens (including phenoxy) is 3. The molecule has 0 radical (unpaired) electrons. The van der Waals surface area contributed by atoms with Crippen molar-refractivity contribution in [2.75, 3.05) is 75.9 Å². The standard InChI is InChI=1S/C47H67F3N8O8/c1-29(64-7)40-35(22-32(25-51-40)55-17-15-54(16-18-55)30-10-11-30)41-36(24-46(5,6)28-59)34-21-31(12-13-39(34)57(41)27-47(48,49)50)56-19-20-65-33(26-56)23-38(52-44(63)66-45(2,3)4)42(60)58-14-8-9-37(53-58)43(61)62/h12-13,21-22,25,29-30,33,37-38,53,59H,8-11,14-20,23-24,26-28H2,1-7H3,(H,52,63)(H,61,62)/t29-,33-,37-,38-/m0/s1. The molecule has 2 aromatic heterocycles. The Hall–Kier alpha value is -4.69. The molecular formula is C47H67F3N8O8. The molecule has 3 saturated heterocycles. The molecule has 4 N–H and O–H groups in total. The van der Waals surface area contributed by atoms with E-state index >= 15 is 0 Å². The van der Waals surface area contributed by atoms with Crippen LogP contribution < -0.4 is 20.5 Å². The van der Waals surface area contributed by atoms with Crippen LogP contribution in [0.4, 0.5) is 29.3 Å². The number of methoxy groups -OCH3 is 1. The third kappa shape index (κ3) is 11.9. The van der Waals surface area contributed by atoms with Crippen molar-refractivity contribution in [1.82, 2.24) is 30.2 Å². The lowest BCUT2D eigenvalue weighted by Crippen LogP contribution is -2.61. The summed E-state index contributed by atoms with van der Waals surface area (Å²) >= 11 is 0. The Bertz CT molecular complexity index is 2220. The number of nitrogens with zero attached hydrogens (tertiary/aromatic N) is 6. The maximum atomic E-state index is 14.9. The van der Waals surface area contributed by atoms with Crippen LogP contribution in [0.3, 0.4) is 0 Å². The molecule has 4 aliphatic rings. The fourth-order valence-electron chi connectivity index (χ4n) is 9.36. The van der Waals surface area contributed by atoms with Gasteiger partial charge in [0.25, 0.3) is 5.91 Å². The number of alkyl carbamates (subject to hydrolysis) is 1. The number of halogens is 3. The van der Waals surface area contributed by atoms with Gasteiger partial charge in [-0.25, -0.2) is 10.2 Å². The van der Waals surface area contributed by atoms with E-state index in [4.69, 9.17) is 19.2 Å². The molecule has 16 nitrogen and oxygen atoms in total. The van der Waals surface area contributed by atoms with E-state index in [1.165, 1.54) is 22.4 Å². The number of anilines is 2. The van der Waals surface area contributed by atoms with Gasteiger partial charge in [0.2, 0.25) is 0 Å². The number of aliphatic carboxylic acids is 1. The number of fused-ring (bicyclic) bond motifs is 1. The third-order valence-corrected chi connectivity index (χ3v) is 13.0. The van der Waals surface area contributed by atoms with E-state index in [0.29, 0.717) is 64.5 Å². The number of hydrogen-bond donors (Lipinski definition) is 4. The normalized spacial score (nSPS) is 21.2. The van der Waals surface area contributed by atoms with Gasteiger partial charge in [-0.05, 0) is 95.0 Å². The fraction of sp³-hybridized carbons (Fsp3) is 0.660. The second kappa shape index (κ2) is 19.9. The molecular weight excluding hydrogens is 862 g/mol. The molecule has 19 heteroatoms. The van der Waals surface area contributed by atoms with Gasteiger partial charge in [-0.1, -0.05) is 13.8 Å².